The Labute approximate surface area is 291 Å². The van der Waals surface area contributed by atoms with Crippen LogP contribution in [0.2, 0.25) is 0 Å². The maximum atomic E-state index is 12.2. The lowest BCUT2D eigenvalue weighted by atomic mass is 9.88. The van der Waals surface area contributed by atoms with Gasteiger partial charge >= 0.3 is 0 Å². The van der Waals surface area contributed by atoms with Crippen molar-refractivity contribution in [2.45, 2.75) is 190 Å². The molecule has 47 heavy (non-hydrogen) atoms. The van der Waals surface area contributed by atoms with Crippen LogP contribution >= 0.6 is 0 Å². The van der Waals surface area contributed by atoms with Crippen LogP contribution in [0.1, 0.15) is 196 Å². The van der Waals surface area contributed by atoms with E-state index in [9.17, 15) is 5.53 Å². The van der Waals surface area contributed by atoms with E-state index in [4.69, 9.17) is 0 Å². The maximum absolute atomic E-state index is 12.2. The summed E-state index contributed by atoms with van der Waals surface area (Å²) >= 11 is 0. The van der Waals surface area contributed by atoms with Crippen LogP contribution in [-0.2, 0) is 38.5 Å². The fourth-order valence-electron chi connectivity index (χ4n) is 7.95. The second-order valence-corrected chi connectivity index (χ2v) is 14.2. The lowest BCUT2D eigenvalue weighted by molar-refractivity contribution is -0.345. The van der Waals surface area contributed by atoms with E-state index in [1.54, 1.807) is 15.8 Å². The highest BCUT2D eigenvalue weighted by Crippen LogP contribution is 2.44. The first-order chi connectivity index (χ1) is 22.9. The second-order valence-electron chi connectivity index (χ2n) is 14.2. The molecule has 1 aliphatic rings. The number of allylic oxidation sites excluding steroid dienone is 2. The first-order valence-electron chi connectivity index (χ1n) is 20.1. The molecule has 0 amide bonds. The summed E-state index contributed by atoms with van der Waals surface area (Å²) < 4.78 is 1.59. The number of unbranched alkanes of at least 4 members (excludes halogenated alkanes) is 11. The molecular formula is C45H70N2. The molecule has 1 heterocycles. The van der Waals surface area contributed by atoms with Gasteiger partial charge in [0, 0.05) is 22.3 Å². The molecule has 2 aromatic carbocycles. The van der Waals surface area contributed by atoms with E-state index in [1.165, 1.54) is 134 Å². The molecule has 0 spiro atoms. The Morgan fingerprint density at radius 2 is 0.809 bits per heavy atom. The van der Waals surface area contributed by atoms with Crippen LogP contribution in [0.3, 0.4) is 0 Å². The fourth-order valence-corrected chi connectivity index (χ4v) is 7.95. The van der Waals surface area contributed by atoms with E-state index in [0.717, 1.165) is 56.3 Å². The van der Waals surface area contributed by atoms with Crippen molar-refractivity contribution in [3.05, 3.63) is 85.5 Å². The van der Waals surface area contributed by atoms with Crippen LogP contribution in [0.25, 0.3) is 16.9 Å². The third-order valence-corrected chi connectivity index (χ3v) is 10.8. The molecule has 0 N–H and O–H groups in total. The minimum absolute atomic E-state index is 0.994. The highest BCUT2D eigenvalue weighted by atomic mass is 15.2. The highest BCUT2D eigenvalue weighted by Gasteiger charge is 2.34. The number of hydrogen-bond acceptors (Lipinski definition) is 0. The monoisotopic (exact) mass is 639 g/mol. The Balaban J connectivity index is 1.98. The lowest BCUT2D eigenvalue weighted by Gasteiger charge is -2.18. The first-order valence-corrected chi connectivity index (χ1v) is 20.1. The zero-order chi connectivity index (χ0) is 34.2. The van der Waals surface area contributed by atoms with Crippen molar-refractivity contribution in [2.75, 3.05) is 0 Å². The zero-order valence-corrected chi connectivity index (χ0v) is 32.1. The van der Waals surface area contributed by atoms with Gasteiger partial charge in [0.1, 0.15) is 0 Å². The minimum Gasteiger partial charge on any atom is -0.493 e. The molecule has 2 aromatic rings. The summed E-state index contributed by atoms with van der Waals surface area (Å²) in [7, 11) is 0. The summed E-state index contributed by atoms with van der Waals surface area (Å²) in [6, 6.07) is 9.66. The van der Waals surface area contributed by atoms with Crippen molar-refractivity contribution >= 4 is 11.4 Å². The quantitative estimate of drug-likeness (QED) is 0.0855. The van der Waals surface area contributed by atoms with Gasteiger partial charge in [0.15, 0.2) is 0 Å². The fraction of sp³-hybridized carbons (Fsp3) is 0.644. The van der Waals surface area contributed by atoms with Gasteiger partial charge < -0.3 is 5.53 Å². The maximum Gasteiger partial charge on any atom is 0.211 e. The van der Waals surface area contributed by atoms with E-state index in [0.29, 0.717) is 0 Å². The number of nitrogens with zero attached hydrogens (tertiary/aromatic N) is 2. The lowest BCUT2D eigenvalue weighted by Crippen LogP contribution is -2.08. The molecule has 2 heteroatoms. The molecule has 0 saturated carbocycles. The molecule has 1 aliphatic heterocycles. The molecule has 0 radical (unpaired) electrons. The van der Waals surface area contributed by atoms with Gasteiger partial charge in [-0.1, -0.05) is 119 Å². The average Bonchev–Trinajstić information content (AvgIpc) is 3.34. The molecule has 0 saturated heterocycles. The van der Waals surface area contributed by atoms with Gasteiger partial charge in [-0.05, 0) is 129 Å². The molecule has 0 atom stereocenters. The van der Waals surface area contributed by atoms with Crippen molar-refractivity contribution in [2.24, 2.45) is 0 Å². The van der Waals surface area contributed by atoms with E-state index < -0.39 is 0 Å². The molecule has 260 valence electrons. The van der Waals surface area contributed by atoms with Gasteiger partial charge in [0.25, 0.3) is 0 Å². The smallest absolute Gasteiger partial charge is 0.211 e. The molecule has 0 fully saturated rings. The molecule has 0 unspecified atom stereocenters. The van der Waals surface area contributed by atoms with Crippen molar-refractivity contribution < 1.29 is 4.70 Å². The normalized spacial score (nSPS) is 13.5. The SMILES string of the molecule is CCCCCCCCc1c(CC)cc(C2=C(C)C(CCCC)=C(c3cc(CC)c(CCCCCCCC)c(CC)c3)[N+]2=[N-])cc1CC. The summed E-state index contributed by atoms with van der Waals surface area (Å²) in [4.78, 5) is 0. The summed E-state index contributed by atoms with van der Waals surface area (Å²) in [5.41, 5.74) is 28.2. The zero-order valence-electron chi connectivity index (χ0n) is 32.1. The van der Waals surface area contributed by atoms with Crippen LogP contribution in [0.4, 0.5) is 0 Å². The third-order valence-electron chi connectivity index (χ3n) is 10.8. The van der Waals surface area contributed by atoms with E-state index in [1.807, 2.05) is 0 Å². The summed E-state index contributed by atoms with van der Waals surface area (Å²) in [5.74, 6) is 0. The Bertz CT molecular complexity index is 1300. The molecular weight excluding hydrogens is 569 g/mol. The third kappa shape index (κ3) is 10.3. The van der Waals surface area contributed by atoms with Gasteiger partial charge in [-0.2, -0.15) is 0 Å². The van der Waals surface area contributed by atoms with Gasteiger partial charge in [-0.3, -0.25) is 0 Å². The summed E-state index contributed by atoms with van der Waals surface area (Å²) in [6.07, 6.45) is 25.8. The van der Waals surface area contributed by atoms with Crippen LogP contribution in [0.15, 0.2) is 35.4 Å². The number of aryl methyl sites for hydroxylation is 4. The van der Waals surface area contributed by atoms with Crippen molar-refractivity contribution in [3.8, 4) is 0 Å². The summed E-state index contributed by atoms with van der Waals surface area (Å²) in [5, 5.41) is 0. The Morgan fingerprint density at radius 3 is 1.19 bits per heavy atom. The molecule has 3 rings (SSSR count). The Morgan fingerprint density at radius 1 is 0.447 bits per heavy atom. The van der Waals surface area contributed by atoms with Gasteiger partial charge in [0.2, 0.25) is 11.4 Å². The number of hydrogen-bond donors (Lipinski definition) is 0. The molecule has 0 aromatic heterocycles. The largest absolute Gasteiger partial charge is 0.493 e. The topological polar surface area (TPSA) is 25.3 Å². The van der Waals surface area contributed by atoms with Crippen LogP contribution in [0.5, 0.6) is 0 Å². The Hall–Kier alpha value is -2.48. The van der Waals surface area contributed by atoms with E-state index >= 15 is 0 Å². The van der Waals surface area contributed by atoms with Gasteiger partial charge in [-0.25, -0.2) is 4.70 Å². The van der Waals surface area contributed by atoms with Crippen LogP contribution in [0, 0.1) is 0 Å². The van der Waals surface area contributed by atoms with Crippen molar-refractivity contribution in [1.82, 2.24) is 0 Å². The summed E-state index contributed by atoms with van der Waals surface area (Å²) in [6.45, 7) is 18.3. The first kappa shape index (κ1) is 39.0. The van der Waals surface area contributed by atoms with Crippen LogP contribution < -0.4 is 0 Å². The standard InChI is InChI=1S/C45H70N2/c1-9-16-19-21-23-25-28-42-35(12-4)30-39(31-36(42)13-5)44-34(8)41(27-18-11-3)45(47(44)46)40-32-37(14-6)43(38(15-7)33-40)29-26-24-22-20-17-10-2/h30-33H,9-29H2,1-8H3. The minimum atomic E-state index is 0.994. The van der Waals surface area contributed by atoms with Crippen molar-refractivity contribution in [1.29, 1.82) is 0 Å². The molecule has 0 bridgehead atoms. The highest BCUT2D eigenvalue weighted by molar-refractivity contribution is 5.82. The predicted octanol–water partition coefficient (Wildman–Crippen LogP) is 14.1. The average molecular weight is 639 g/mol. The van der Waals surface area contributed by atoms with Gasteiger partial charge in [0.05, 0.1) is 0 Å². The van der Waals surface area contributed by atoms with E-state index in [-0.39, 0.29) is 0 Å². The molecule has 2 nitrogen and oxygen atoms in total. The Kier molecular flexibility index (Phi) is 17.2. The number of rotatable bonds is 23. The molecule has 0 aliphatic carbocycles. The van der Waals surface area contributed by atoms with Crippen LogP contribution in [-0.4, -0.2) is 4.70 Å². The van der Waals surface area contributed by atoms with Gasteiger partial charge in [-0.15, -0.1) is 0 Å². The number of benzene rings is 2. The predicted molar refractivity (Wildman–Crippen MR) is 207 cm³/mol. The van der Waals surface area contributed by atoms with Crippen molar-refractivity contribution in [3.63, 3.8) is 0 Å². The van der Waals surface area contributed by atoms with E-state index in [2.05, 4.69) is 79.7 Å². The second kappa shape index (κ2) is 20.8.